The molecular formula is C16H26F2O3Si. The molecule has 0 amide bonds. The normalized spacial score (nSPS) is 11.9. The maximum atomic E-state index is 14.0. The van der Waals surface area contributed by atoms with Crippen LogP contribution in [0.15, 0.2) is 18.2 Å². The van der Waals surface area contributed by atoms with Crippen LogP contribution >= 0.6 is 0 Å². The van der Waals surface area contributed by atoms with Crippen molar-refractivity contribution in [3.63, 3.8) is 0 Å². The zero-order valence-corrected chi connectivity index (χ0v) is 14.7. The van der Waals surface area contributed by atoms with Crippen molar-refractivity contribution in [1.82, 2.24) is 0 Å². The summed E-state index contributed by atoms with van der Waals surface area (Å²) in [5, 5.41) is 0. The first kappa shape index (κ1) is 19.2. The van der Waals surface area contributed by atoms with E-state index < -0.39 is 20.4 Å². The summed E-state index contributed by atoms with van der Waals surface area (Å²) in [7, 11) is -3.01. The van der Waals surface area contributed by atoms with Crippen LogP contribution in [0.2, 0.25) is 0 Å². The SMILES string of the molecule is CCCO[Si](Cc1ccc(F)cc1F)(OCCC)OCCC. The second-order valence-electron chi connectivity index (χ2n) is 5.14. The Bertz CT molecular complexity index is 422. The standard InChI is InChI=1S/C16H26F2O3Si/c1-4-9-19-22(20-10-5-2,21-11-6-3)13-14-7-8-15(17)12-16(14)18/h7-8,12H,4-6,9-11,13H2,1-3H3. The average molecular weight is 332 g/mol. The molecule has 0 aliphatic heterocycles. The van der Waals surface area contributed by atoms with Gasteiger partial charge in [-0.05, 0) is 30.9 Å². The molecule has 0 saturated carbocycles. The molecule has 0 spiro atoms. The minimum absolute atomic E-state index is 0.221. The largest absolute Gasteiger partial charge is 0.505 e. The lowest BCUT2D eigenvalue weighted by Crippen LogP contribution is -2.49. The van der Waals surface area contributed by atoms with Gasteiger partial charge in [-0.15, -0.1) is 0 Å². The topological polar surface area (TPSA) is 27.7 Å². The van der Waals surface area contributed by atoms with Gasteiger partial charge in [0, 0.05) is 31.9 Å². The molecule has 0 bridgehead atoms. The van der Waals surface area contributed by atoms with E-state index in [0.717, 1.165) is 25.3 Å². The summed E-state index contributed by atoms with van der Waals surface area (Å²) in [6, 6.07) is 3.79. The first-order valence-electron chi connectivity index (χ1n) is 7.92. The Morgan fingerprint density at radius 1 is 0.864 bits per heavy atom. The molecule has 0 fully saturated rings. The highest BCUT2D eigenvalue weighted by Gasteiger charge is 2.42. The molecule has 0 unspecified atom stereocenters. The lowest BCUT2D eigenvalue weighted by atomic mass is 10.2. The van der Waals surface area contributed by atoms with Gasteiger partial charge in [0.15, 0.2) is 0 Å². The number of hydrogen-bond acceptors (Lipinski definition) is 3. The number of hydrogen-bond donors (Lipinski definition) is 0. The Kier molecular flexibility index (Phi) is 8.78. The first-order chi connectivity index (χ1) is 10.6. The van der Waals surface area contributed by atoms with Crippen molar-refractivity contribution < 1.29 is 22.1 Å². The summed E-state index contributed by atoms with van der Waals surface area (Å²) >= 11 is 0. The molecule has 22 heavy (non-hydrogen) atoms. The molecule has 126 valence electrons. The fourth-order valence-electron chi connectivity index (χ4n) is 1.95. The van der Waals surface area contributed by atoms with Crippen molar-refractivity contribution in [2.24, 2.45) is 0 Å². The van der Waals surface area contributed by atoms with Crippen LogP contribution in [0.25, 0.3) is 0 Å². The van der Waals surface area contributed by atoms with Gasteiger partial charge < -0.3 is 13.3 Å². The third-order valence-corrected chi connectivity index (χ3v) is 5.75. The number of benzene rings is 1. The number of halogens is 2. The average Bonchev–Trinajstić information content (AvgIpc) is 2.51. The third-order valence-electron chi connectivity index (χ3n) is 3.00. The van der Waals surface area contributed by atoms with Crippen molar-refractivity contribution >= 4 is 8.80 Å². The van der Waals surface area contributed by atoms with Crippen molar-refractivity contribution in [2.75, 3.05) is 19.8 Å². The van der Waals surface area contributed by atoms with Crippen molar-refractivity contribution in [3.8, 4) is 0 Å². The van der Waals surface area contributed by atoms with Crippen molar-refractivity contribution in [1.29, 1.82) is 0 Å². The van der Waals surface area contributed by atoms with Crippen LogP contribution in [-0.2, 0) is 19.3 Å². The highest BCUT2D eigenvalue weighted by Crippen LogP contribution is 2.21. The molecular weight excluding hydrogens is 306 g/mol. The fraction of sp³-hybridized carbons (Fsp3) is 0.625. The molecule has 0 saturated heterocycles. The van der Waals surface area contributed by atoms with Gasteiger partial charge in [0.1, 0.15) is 11.6 Å². The number of rotatable bonds is 11. The Balaban J connectivity index is 2.97. The molecule has 0 radical (unpaired) electrons. The van der Waals surface area contributed by atoms with Crippen LogP contribution in [0.3, 0.4) is 0 Å². The van der Waals surface area contributed by atoms with E-state index in [4.69, 9.17) is 13.3 Å². The van der Waals surface area contributed by atoms with Gasteiger partial charge in [-0.2, -0.15) is 0 Å². The van der Waals surface area contributed by atoms with Gasteiger partial charge in [-0.1, -0.05) is 26.8 Å². The van der Waals surface area contributed by atoms with Gasteiger partial charge >= 0.3 is 8.80 Å². The van der Waals surface area contributed by atoms with E-state index in [1.54, 1.807) is 0 Å². The van der Waals surface area contributed by atoms with E-state index >= 15 is 0 Å². The van der Waals surface area contributed by atoms with Gasteiger partial charge in [-0.3, -0.25) is 0 Å². The summed E-state index contributed by atoms with van der Waals surface area (Å²) in [6.45, 7) is 7.50. The van der Waals surface area contributed by atoms with Crippen LogP contribution in [0.1, 0.15) is 45.6 Å². The van der Waals surface area contributed by atoms with Crippen LogP contribution in [0.5, 0.6) is 0 Å². The predicted molar refractivity (Wildman–Crippen MR) is 84.5 cm³/mol. The fourth-order valence-corrected chi connectivity index (χ4v) is 4.80. The van der Waals surface area contributed by atoms with E-state index in [0.29, 0.717) is 25.4 Å². The maximum Gasteiger partial charge on any atom is 0.505 e. The zero-order chi connectivity index (χ0) is 16.4. The van der Waals surface area contributed by atoms with Crippen LogP contribution in [-0.4, -0.2) is 28.6 Å². The molecule has 0 aliphatic rings. The molecule has 0 atom stereocenters. The summed E-state index contributed by atoms with van der Waals surface area (Å²) in [5.41, 5.74) is 0.372. The summed E-state index contributed by atoms with van der Waals surface area (Å²) in [4.78, 5) is 0. The molecule has 6 heteroatoms. The van der Waals surface area contributed by atoms with Gasteiger partial charge in [-0.25, -0.2) is 8.78 Å². The lowest BCUT2D eigenvalue weighted by molar-refractivity contribution is 0.0580. The molecule has 0 heterocycles. The maximum absolute atomic E-state index is 14.0. The van der Waals surface area contributed by atoms with Crippen molar-refractivity contribution in [3.05, 3.63) is 35.4 Å². The second-order valence-corrected chi connectivity index (χ2v) is 7.73. The Hall–Kier alpha value is -0.823. The summed E-state index contributed by atoms with van der Waals surface area (Å²) < 4.78 is 44.7. The van der Waals surface area contributed by atoms with Crippen molar-refractivity contribution in [2.45, 2.75) is 46.1 Å². The molecule has 1 rings (SSSR count). The monoisotopic (exact) mass is 332 g/mol. The summed E-state index contributed by atoms with van der Waals surface area (Å²) in [5.74, 6) is -1.18. The second kappa shape index (κ2) is 10.0. The lowest BCUT2D eigenvalue weighted by Gasteiger charge is -2.29. The Morgan fingerprint density at radius 2 is 1.36 bits per heavy atom. The zero-order valence-electron chi connectivity index (χ0n) is 13.7. The van der Waals surface area contributed by atoms with Gasteiger partial charge in [0.25, 0.3) is 0 Å². The first-order valence-corrected chi connectivity index (χ1v) is 9.85. The minimum atomic E-state index is -3.01. The van der Waals surface area contributed by atoms with E-state index in [1.807, 2.05) is 20.8 Å². The molecule has 0 N–H and O–H groups in total. The highest BCUT2D eigenvalue weighted by atomic mass is 28.4. The summed E-state index contributed by atoms with van der Waals surface area (Å²) in [6.07, 6.45) is 2.48. The van der Waals surface area contributed by atoms with E-state index in [-0.39, 0.29) is 6.04 Å². The Morgan fingerprint density at radius 3 is 1.77 bits per heavy atom. The van der Waals surface area contributed by atoms with E-state index in [1.165, 1.54) is 12.1 Å². The predicted octanol–water partition coefficient (Wildman–Crippen LogP) is 4.27. The highest BCUT2D eigenvalue weighted by molar-refractivity contribution is 6.60. The van der Waals surface area contributed by atoms with Crippen LogP contribution in [0.4, 0.5) is 8.78 Å². The van der Waals surface area contributed by atoms with E-state index in [2.05, 4.69) is 0 Å². The molecule has 0 aromatic heterocycles. The van der Waals surface area contributed by atoms with Crippen LogP contribution in [0, 0.1) is 11.6 Å². The van der Waals surface area contributed by atoms with E-state index in [9.17, 15) is 8.78 Å². The molecule has 1 aromatic rings. The van der Waals surface area contributed by atoms with Gasteiger partial charge in [0.05, 0.1) is 0 Å². The molecule has 3 nitrogen and oxygen atoms in total. The third kappa shape index (κ3) is 6.12. The smallest absolute Gasteiger partial charge is 0.373 e. The molecule has 1 aromatic carbocycles. The quantitative estimate of drug-likeness (QED) is 0.567. The van der Waals surface area contributed by atoms with Crippen LogP contribution < -0.4 is 0 Å². The van der Waals surface area contributed by atoms with Gasteiger partial charge in [0.2, 0.25) is 0 Å². The minimum Gasteiger partial charge on any atom is -0.373 e. The Labute approximate surface area is 133 Å². The molecule has 0 aliphatic carbocycles.